The van der Waals surface area contributed by atoms with Crippen molar-refractivity contribution < 1.29 is 13.2 Å². The summed E-state index contributed by atoms with van der Waals surface area (Å²) in [4.78, 5) is 4.60. The van der Waals surface area contributed by atoms with E-state index in [1.165, 1.54) is 42.6 Å². The van der Waals surface area contributed by atoms with E-state index in [9.17, 15) is 8.42 Å². The molecule has 2 heterocycles. The molecular formula is C17H27N3O3S. The molecule has 0 unspecified atom stereocenters. The summed E-state index contributed by atoms with van der Waals surface area (Å²) in [6.45, 7) is 1.72. The summed E-state index contributed by atoms with van der Waals surface area (Å²) in [5, 5.41) is 3.47. The van der Waals surface area contributed by atoms with E-state index >= 15 is 0 Å². The molecule has 0 radical (unpaired) electrons. The first-order chi connectivity index (χ1) is 11.7. The first-order valence-corrected chi connectivity index (χ1v) is 10.4. The molecule has 1 aliphatic heterocycles. The quantitative estimate of drug-likeness (QED) is 0.901. The minimum Gasteiger partial charge on any atom is -0.379 e. The van der Waals surface area contributed by atoms with Crippen LogP contribution >= 0.6 is 0 Å². The number of hydrogen-bond acceptors (Lipinski definition) is 5. The first-order valence-electron chi connectivity index (χ1n) is 8.97. The van der Waals surface area contributed by atoms with Gasteiger partial charge >= 0.3 is 0 Å². The van der Waals surface area contributed by atoms with Gasteiger partial charge in [0.2, 0.25) is 10.0 Å². The fourth-order valence-electron chi connectivity index (χ4n) is 3.36. The van der Waals surface area contributed by atoms with Crippen molar-refractivity contribution >= 4 is 15.8 Å². The van der Waals surface area contributed by atoms with Crippen LogP contribution in [0.2, 0.25) is 0 Å². The van der Waals surface area contributed by atoms with Crippen molar-refractivity contribution in [3.05, 3.63) is 18.3 Å². The molecule has 1 N–H and O–H groups in total. The molecule has 0 bridgehead atoms. The highest BCUT2D eigenvalue weighted by molar-refractivity contribution is 7.89. The Labute approximate surface area is 144 Å². The lowest BCUT2D eigenvalue weighted by Gasteiger charge is -2.26. The number of hydrogen-bond donors (Lipinski definition) is 1. The lowest BCUT2D eigenvalue weighted by Crippen LogP contribution is -2.40. The molecule has 24 heavy (non-hydrogen) atoms. The predicted molar refractivity (Wildman–Crippen MR) is 93.5 cm³/mol. The van der Waals surface area contributed by atoms with Crippen LogP contribution in [0.25, 0.3) is 0 Å². The second-order valence-electron chi connectivity index (χ2n) is 6.58. The highest BCUT2D eigenvalue weighted by atomic mass is 32.2. The van der Waals surface area contributed by atoms with Crippen molar-refractivity contribution in [2.24, 2.45) is 0 Å². The zero-order chi connectivity index (χ0) is 16.8. The summed E-state index contributed by atoms with van der Waals surface area (Å²) in [6.07, 6.45) is 10.3. The SMILES string of the molecule is O=S(=O)(c1ccc(NC2CCCCCCC2)nc1)N1CCOCC1. The van der Waals surface area contributed by atoms with E-state index in [1.54, 1.807) is 12.1 Å². The Morgan fingerprint density at radius 3 is 2.33 bits per heavy atom. The van der Waals surface area contributed by atoms with Gasteiger partial charge in [0.25, 0.3) is 0 Å². The number of aromatic nitrogens is 1. The molecular weight excluding hydrogens is 326 g/mol. The van der Waals surface area contributed by atoms with Crippen LogP contribution in [0.15, 0.2) is 23.2 Å². The average Bonchev–Trinajstić information content (AvgIpc) is 2.58. The molecule has 7 heteroatoms. The van der Waals surface area contributed by atoms with E-state index in [0.717, 1.165) is 18.7 Å². The maximum absolute atomic E-state index is 12.6. The summed E-state index contributed by atoms with van der Waals surface area (Å²) in [5.74, 6) is 0.765. The second kappa shape index (κ2) is 8.27. The van der Waals surface area contributed by atoms with E-state index in [4.69, 9.17) is 4.74 Å². The molecule has 0 aromatic carbocycles. The van der Waals surface area contributed by atoms with Crippen molar-refractivity contribution in [2.45, 2.75) is 55.9 Å². The molecule has 2 aliphatic rings. The van der Waals surface area contributed by atoms with Crippen LogP contribution in [0.5, 0.6) is 0 Å². The van der Waals surface area contributed by atoms with Crippen molar-refractivity contribution in [3.8, 4) is 0 Å². The Balaban J connectivity index is 1.64. The van der Waals surface area contributed by atoms with Gasteiger partial charge in [-0.15, -0.1) is 0 Å². The highest BCUT2D eigenvalue weighted by Gasteiger charge is 2.26. The maximum Gasteiger partial charge on any atom is 0.244 e. The Morgan fingerprint density at radius 2 is 1.71 bits per heavy atom. The largest absolute Gasteiger partial charge is 0.379 e. The molecule has 3 rings (SSSR count). The molecule has 6 nitrogen and oxygen atoms in total. The van der Waals surface area contributed by atoms with Gasteiger partial charge in [0, 0.05) is 25.3 Å². The minimum atomic E-state index is -3.46. The Hall–Kier alpha value is -1.18. The zero-order valence-corrected chi connectivity index (χ0v) is 14.9. The Kier molecular flexibility index (Phi) is 6.08. The number of anilines is 1. The van der Waals surface area contributed by atoms with Crippen molar-refractivity contribution in [1.82, 2.24) is 9.29 Å². The first kappa shape index (κ1) is 17.6. The van der Waals surface area contributed by atoms with Gasteiger partial charge in [-0.2, -0.15) is 4.31 Å². The van der Waals surface area contributed by atoms with Crippen LogP contribution in [0, 0.1) is 0 Å². The molecule has 2 fully saturated rings. The number of sulfonamides is 1. The van der Waals surface area contributed by atoms with Gasteiger partial charge in [0.05, 0.1) is 13.2 Å². The third-order valence-corrected chi connectivity index (χ3v) is 6.68. The maximum atomic E-state index is 12.6. The van der Waals surface area contributed by atoms with Crippen LogP contribution in [-0.2, 0) is 14.8 Å². The summed E-state index contributed by atoms with van der Waals surface area (Å²) < 4.78 is 31.9. The summed E-state index contributed by atoms with van der Waals surface area (Å²) in [6, 6.07) is 3.88. The lowest BCUT2D eigenvalue weighted by molar-refractivity contribution is 0.0730. The lowest BCUT2D eigenvalue weighted by atomic mass is 9.97. The fraction of sp³-hybridized carbons (Fsp3) is 0.706. The monoisotopic (exact) mass is 353 g/mol. The molecule has 134 valence electrons. The Bertz CT molecular complexity index is 604. The molecule has 0 amide bonds. The van der Waals surface area contributed by atoms with Gasteiger partial charge in [0.15, 0.2) is 0 Å². The van der Waals surface area contributed by atoms with Gasteiger partial charge in [-0.1, -0.05) is 32.1 Å². The van der Waals surface area contributed by atoms with E-state index in [-0.39, 0.29) is 4.90 Å². The van der Waals surface area contributed by atoms with Gasteiger partial charge in [-0.3, -0.25) is 0 Å². The fourth-order valence-corrected chi connectivity index (χ4v) is 4.72. The normalized spacial score (nSPS) is 21.8. The third-order valence-electron chi connectivity index (χ3n) is 4.80. The number of ether oxygens (including phenoxy) is 1. The van der Waals surface area contributed by atoms with Crippen LogP contribution < -0.4 is 5.32 Å². The second-order valence-corrected chi connectivity index (χ2v) is 8.52. The van der Waals surface area contributed by atoms with Crippen LogP contribution in [0.1, 0.15) is 44.9 Å². The minimum absolute atomic E-state index is 0.257. The number of morpholine rings is 1. The molecule has 1 aromatic heterocycles. The molecule has 1 saturated heterocycles. The average molecular weight is 353 g/mol. The van der Waals surface area contributed by atoms with Gasteiger partial charge < -0.3 is 10.1 Å². The van der Waals surface area contributed by atoms with Crippen LogP contribution in [-0.4, -0.2) is 50.1 Å². The number of nitrogens with zero attached hydrogens (tertiary/aromatic N) is 2. The molecule has 1 saturated carbocycles. The van der Waals surface area contributed by atoms with Gasteiger partial charge in [0.1, 0.15) is 10.7 Å². The smallest absolute Gasteiger partial charge is 0.244 e. The number of rotatable bonds is 4. The van der Waals surface area contributed by atoms with Crippen molar-refractivity contribution in [2.75, 3.05) is 31.6 Å². The van der Waals surface area contributed by atoms with E-state index < -0.39 is 10.0 Å². The molecule has 1 aliphatic carbocycles. The third kappa shape index (κ3) is 4.46. The summed E-state index contributed by atoms with van der Waals surface area (Å²) in [5.41, 5.74) is 0. The molecule has 1 aromatic rings. The van der Waals surface area contributed by atoms with E-state index in [0.29, 0.717) is 32.3 Å². The van der Waals surface area contributed by atoms with E-state index in [2.05, 4.69) is 10.3 Å². The topological polar surface area (TPSA) is 71.5 Å². The van der Waals surface area contributed by atoms with Crippen molar-refractivity contribution in [1.29, 1.82) is 0 Å². The van der Waals surface area contributed by atoms with Gasteiger partial charge in [-0.25, -0.2) is 13.4 Å². The van der Waals surface area contributed by atoms with E-state index in [1.807, 2.05) is 0 Å². The molecule has 0 spiro atoms. The van der Waals surface area contributed by atoms with Crippen LogP contribution in [0.3, 0.4) is 0 Å². The van der Waals surface area contributed by atoms with Gasteiger partial charge in [-0.05, 0) is 25.0 Å². The predicted octanol–water partition coefficient (Wildman–Crippen LogP) is 2.63. The highest BCUT2D eigenvalue weighted by Crippen LogP contribution is 2.21. The number of nitrogens with one attached hydrogen (secondary N) is 1. The van der Waals surface area contributed by atoms with Crippen molar-refractivity contribution in [3.63, 3.8) is 0 Å². The molecule has 0 atom stereocenters. The Morgan fingerprint density at radius 1 is 1.04 bits per heavy atom. The summed E-state index contributed by atoms with van der Waals surface area (Å²) >= 11 is 0. The van der Waals surface area contributed by atoms with Crippen LogP contribution in [0.4, 0.5) is 5.82 Å². The number of pyridine rings is 1. The standard InChI is InChI=1S/C17H27N3O3S/c21-24(22,20-10-12-23-13-11-20)16-8-9-17(18-14-16)19-15-6-4-2-1-3-5-7-15/h8-9,14-15H,1-7,10-13H2,(H,18,19). The zero-order valence-electron chi connectivity index (χ0n) is 14.1. The summed E-state index contributed by atoms with van der Waals surface area (Å²) in [7, 11) is -3.46.